The van der Waals surface area contributed by atoms with Crippen molar-refractivity contribution in [2.24, 2.45) is 5.92 Å². The molecule has 46 heavy (non-hydrogen) atoms. The fourth-order valence-electron chi connectivity index (χ4n) is 4.99. The lowest BCUT2D eigenvalue weighted by Gasteiger charge is -2.34. The fourth-order valence-corrected chi connectivity index (χ4v) is 6.63. The summed E-state index contributed by atoms with van der Waals surface area (Å²) in [5.41, 5.74) is 2.64. The smallest absolute Gasteiger partial charge is 0.264 e. The maximum absolute atomic E-state index is 15.1. The molecule has 0 aromatic heterocycles. The third kappa shape index (κ3) is 8.73. The Hall–Kier alpha value is -4.21. The fraction of sp³-hybridized carbons (Fsp3) is 0.278. The van der Waals surface area contributed by atoms with Crippen LogP contribution in [0.3, 0.4) is 0 Å². The summed E-state index contributed by atoms with van der Waals surface area (Å²) >= 11 is 6.33. The standard InChI is InChI=1S/C36H39ClFN3O4S/c1-25(2)22-39-36(43)34(20-28-10-6-5-7-11-28)40(23-29-12-8-9-13-32(29)38)35(42)24-41(33-21-30(37)17-16-27(33)4)46(44,45)31-18-14-26(3)15-19-31/h5-19,21,25,34H,20,22-24H2,1-4H3,(H,39,43). The number of amides is 2. The van der Waals surface area contributed by atoms with Crippen LogP contribution >= 0.6 is 11.6 Å². The van der Waals surface area contributed by atoms with Crippen LogP contribution in [0.15, 0.2) is 102 Å². The number of anilines is 1. The highest BCUT2D eigenvalue weighted by Crippen LogP contribution is 2.30. The van der Waals surface area contributed by atoms with Gasteiger partial charge in [-0.1, -0.05) is 97.7 Å². The van der Waals surface area contributed by atoms with Crippen molar-refractivity contribution in [2.75, 3.05) is 17.4 Å². The Bertz CT molecular complexity index is 1770. The molecule has 0 bridgehead atoms. The van der Waals surface area contributed by atoms with Gasteiger partial charge in [0.15, 0.2) is 0 Å². The van der Waals surface area contributed by atoms with Gasteiger partial charge in [0, 0.05) is 30.1 Å². The quantitative estimate of drug-likeness (QED) is 0.172. The molecule has 4 aromatic carbocycles. The van der Waals surface area contributed by atoms with Gasteiger partial charge >= 0.3 is 0 Å². The van der Waals surface area contributed by atoms with E-state index in [1.807, 2.05) is 51.1 Å². The average molecular weight is 664 g/mol. The van der Waals surface area contributed by atoms with Crippen LogP contribution < -0.4 is 9.62 Å². The number of sulfonamides is 1. The third-order valence-corrected chi connectivity index (χ3v) is 9.59. The van der Waals surface area contributed by atoms with E-state index in [1.165, 1.54) is 29.2 Å². The second kappa shape index (κ2) is 15.4. The zero-order chi connectivity index (χ0) is 33.4. The third-order valence-electron chi connectivity index (χ3n) is 7.58. The molecule has 0 aliphatic rings. The Morgan fingerprint density at radius 3 is 2.20 bits per heavy atom. The van der Waals surface area contributed by atoms with E-state index in [9.17, 15) is 18.0 Å². The highest BCUT2D eigenvalue weighted by Gasteiger charge is 2.35. The molecule has 2 amide bonds. The van der Waals surface area contributed by atoms with Gasteiger partial charge in [-0.3, -0.25) is 13.9 Å². The van der Waals surface area contributed by atoms with E-state index < -0.39 is 40.2 Å². The summed E-state index contributed by atoms with van der Waals surface area (Å²) in [4.78, 5) is 29.6. The van der Waals surface area contributed by atoms with Crippen molar-refractivity contribution in [1.82, 2.24) is 10.2 Å². The van der Waals surface area contributed by atoms with Gasteiger partial charge in [0.1, 0.15) is 18.4 Å². The van der Waals surface area contributed by atoms with Crippen LogP contribution in [0, 0.1) is 25.6 Å². The number of rotatable bonds is 13. The molecule has 242 valence electrons. The molecule has 0 saturated heterocycles. The van der Waals surface area contributed by atoms with E-state index >= 15 is 4.39 Å². The summed E-state index contributed by atoms with van der Waals surface area (Å²) in [7, 11) is -4.29. The molecule has 0 saturated carbocycles. The lowest BCUT2D eigenvalue weighted by Crippen LogP contribution is -2.54. The number of nitrogens with one attached hydrogen (secondary N) is 1. The number of hydrogen-bond donors (Lipinski definition) is 1. The van der Waals surface area contributed by atoms with Crippen molar-refractivity contribution in [1.29, 1.82) is 0 Å². The van der Waals surface area contributed by atoms with Gasteiger partial charge in [0.25, 0.3) is 10.0 Å². The molecule has 0 heterocycles. The van der Waals surface area contributed by atoms with Crippen molar-refractivity contribution in [3.05, 3.63) is 130 Å². The molecule has 1 unspecified atom stereocenters. The van der Waals surface area contributed by atoms with Crippen LogP contribution in [0.1, 0.15) is 36.1 Å². The van der Waals surface area contributed by atoms with Crippen molar-refractivity contribution in [2.45, 2.75) is 51.6 Å². The summed E-state index contributed by atoms with van der Waals surface area (Å²) in [6.07, 6.45) is 0.131. The van der Waals surface area contributed by atoms with Crippen molar-refractivity contribution >= 4 is 39.1 Å². The highest BCUT2D eigenvalue weighted by atomic mass is 35.5. The van der Waals surface area contributed by atoms with Gasteiger partial charge in [0.05, 0.1) is 10.6 Å². The Balaban J connectivity index is 1.84. The Morgan fingerprint density at radius 1 is 0.891 bits per heavy atom. The van der Waals surface area contributed by atoms with Gasteiger partial charge in [0.2, 0.25) is 11.8 Å². The van der Waals surface area contributed by atoms with Crippen LogP contribution in [-0.4, -0.2) is 44.3 Å². The first-order chi connectivity index (χ1) is 21.9. The van der Waals surface area contributed by atoms with Crippen molar-refractivity contribution < 1.29 is 22.4 Å². The van der Waals surface area contributed by atoms with Crippen LogP contribution in [0.5, 0.6) is 0 Å². The van der Waals surface area contributed by atoms with Crippen molar-refractivity contribution in [3.8, 4) is 0 Å². The van der Waals surface area contributed by atoms with Crippen LogP contribution in [-0.2, 0) is 32.6 Å². The molecule has 4 aromatic rings. The lowest BCUT2D eigenvalue weighted by atomic mass is 10.0. The molecule has 7 nitrogen and oxygen atoms in total. The maximum atomic E-state index is 15.1. The Labute approximate surface area is 276 Å². The second-order valence-corrected chi connectivity index (χ2v) is 14.0. The molecule has 1 N–H and O–H groups in total. The summed E-state index contributed by atoms with van der Waals surface area (Å²) in [5.74, 6) is -1.51. The van der Waals surface area contributed by atoms with E-state index in [2.05, 4.69) is 5.32 Å². The molecule has 10 heteroatoms. The summed E-state index contributed by atoms with van der Waals surface area (Å²) < 4.78 is 44.5. The molecule has 0 aliphatic heterocycles. The van der Waals surface area contributed by atoms with Gasteiger partial charge in [-0.2, -0.15) is 0 Å². The van der Waals surface area contributed by atoms with Gasteiger partial charge in [-0.25, -0.2) is 12.8 Å². The van der Waals surface area contributed by atoms with E-state index in [0.717, 1.165) is 15.4 Å². The van der Waals surface area contributed by atoms with Gasteiger partial charge in [-0.05, 0) is 61.2 Å². The SMILES string of the molecule is Cc1ccc(S(=O)(=O)N(CC(=O)N(Cc2ccccc2F)C(Cc2ccccc2)C(=O)NCC(C)C)c2cc(Cl)ccc2C)cc1. The first-order valence-electron chi connectivity index (χ1n) is 15.1. The van der Waals surface area contributed by atoms with Crippen LogP contribution in [0.25, 0.3) is 0 Å². The monoisotopic (exact) mass is 663 g/mol. The maximum Gasteiger partial charge on any atom is 0.264 e. The Morgan fingerprint density at radius 2 is 1.54 bits per heavy atom. The first-order valence-corrected chi connectivity index (χ1v) is 16.9. The van der Waals surface area contributed by atoms with E-state index in [4.69, 9.17) is 11.6 Å². The number of hydrogen-bond acceptors (Lipinski definition) is 4. The zero-order valence-electron chi connectivity index (χ0n) is 26.4. The average Bonchev–Trinajstić information content (AvgIpc) is 3.03. The van der Waals surface area contributed by atoms with Gasteiger partial charge in [-0.15, -0.1) is 0 Å². The summed E-state index contributed by atoms with van der Waals surface area (Å²) in [6, 6.07) is 25.3. The molecular weight excluding hydrogens is 625 g/mol. The molecule has 0 spiro atoms. The predicted octanol–water partition coefficient (Wildman–Crippen LogP) is 6.70. The molecule has 0 fully saturated rings. The largest absolute Gasteiger partial charge is 0.354 e. The minimum atomic E-state index is -4.29. The van der Waals surface area contributed by atoms with Crippen LogP contribution in [0.4, 0.5) is 10.1 Å². The number of benzene rings is 4. The molecule has 0 aliphatic carbocycles. The number of aryl methyl sites for hydroxylation is 2. The number of carbonyl (C=O) groups is 2. The molecular formula is C36H39ClFN3O4S. The van der Waals surface area contributed by atoms with E-state index in [1.54, 1.807) is 49.4 Å². The summed E-state index contributed by atoms with van der Waals surface area (Å²) in [6.45, 7) is 6.92. The molecule has 0 radical (unpaired) electrons. The number of halogens is 2. The predicted molar refractivity (Wildman–Crippen MR) is 181 cm³/mol. The number of carbonyl (C=O) groups excluding carboxylic acids is 2. The molecule has 4 rings (SSSR count). The Kier molecular flexibility index (Phi) is 11.6. The second-order valence-electron chi connectivity index (χ2n) is 11.7. The first kappa shape index (κ1) is 34.7. The zero-order valence-corrected chi connectivity index (χ0v) is 28.0. The topological polar surface area (TPSA) is 86.8 Å². The van der Waals surface area contributed by atoms with Crippen LogP contribution in [0.2, 0.25) is 5.02 Å². The summed E-state index contributed by atoms with van der Waals surface area (Å²) in [5, 5.41) is 3.21. The lowest BCUT2D eigenvalue weighted by molar-refractivity contribution is -0.140. The highest BCUT2D eigenvalue weighted by molar-refractivity contribution is 7.92. The van der Waals surface area contributed by atoms with Crippen molar-refractivity contribution in [3.63, 3.8) is 0 Å². The van der Waals surface area contributed by atoms with E-state index in [-0.39, 0.29) is 40.1 Å². The number of nitrogens with zero attached hydrogens (tertiary/aromatic N) is 2. The minimum Gasteiger partial charge on any atom is -0.354 e. The van der Waals surface area contributed by atoms with Gasteiger partial charge < -0.3 is 10.2 Å². The van der Waals surface area contributed by atoms with E-state index in [0.29, 0.717) is 12.1 Å². The normalized spacial score (nSPS) is 12.1. The molecule has 1 atom stereocenters. The minimum absolute atomic E-state index is 0.0126.